The van der Waals surface area contributed by atoms with Crippen molar-refractivity contribution in [3.8, 4) is 5.75 Å². The summed E-state index contributed by atoms with van der Waals surface area (Å²) in [5.41, 5.74) is 1.50. The van der Waals surface area contributed by atoms with E-state index in [4.69, 9.17) is 4.74 Å². The second-order valence-electron chi connectivity index (χ2n) is 6.17. The first kappa shape index (κ1) is 16.2. The molecule has 0 aromatic heterocycles. The number of amides is 3. The highest BCUT2D eigenvalue weighted by Gasteiger charge is 2.47. The van der Waals surface area contributed by atoms with E-state index >= 15 is 0 Å². The molecule has 1 aliphatic heterocycles. The van der Waals surface area contributed by atoms with E-state index in [1.807, 2.05) is 25.1 Å². The fourth-order valence-electron chi connectivity index (χ4n) is 3.28. The minimum absolute atomic E-state index is 0.249. The van der Waals surface area contributed by atoms with Gasteiger partial charge >= 0.3 is 0 Å². The Morgan fingerprint density at radius 1 is 1.21 bits per heavy atom. The molecule has 1 aliphatic carbocycles. The van der Waals surface area contributed by atoms with Gasteiger partial charge in [0.25, 0.3) is 0 Å². The Morgan fingerprint density at radius 2 is 1.83 bits per heavy atom. The van der Waals surface area contributed by atoms with E-state index < -0.39 is 5.91 Å². The van der Waals surface area contributed by atoms with Crippen molar-refractivity contribution in [2.45, 2.75) is 19.8 Å². The van der Waals surface area contributed by atoms with Crippen LogP contribution in [0.1, 0.15) is 18.4 Å². The zero-order chi connectivity index (χ0) is 17.3. The first-order valence-corrected chi connectivity index (χ1v) is 7.96. The van der Waals surface area contributed by atoms with E-state index in [0.29, 0.717) is 24.3 Å². The number of nitrogens with zero attached hydrogens (tertiary/aromatic N) is 1. The smallest absolute Gasteiger partial charge is 0.244 e. The minimum atomic E-state index is -0.410. The highest BCUT2D eigenvalue weighted by Crippen LogP contribution is 2.35. The lowest BCUT2D eigenvalue weighted by Crippen LogP contribution is -2.38. The molecule has 24 heavy (non-hydrogen) atoms. The molecule has 2 atom stereocenters. The molecule has 2 aliphatic rings. The predicted molar refractivity (Wildman–Crippen MR) is 88.4 cm³/mol. The Labute approximate surface area is 140 Å². The van der Waals surface area contributed by atoms with Gasteiger partial charge in [-0.1, -0.05) is 18.2 Å². The van der Waals surface area contributed by atoms with Crippen molar-refractivity contribution in [2.75, 3.05) is 19.0 Å². The molecule has 1 fully saturated rings. The molecule has 0 radical (unpaired) electrons. The summed E-state index contributed by atoms with van der Waals surface area (Å²) in [5.74, 6) is -1.01. The lowest BCUT2D eigenvalue weighted by Gasteiger charge is -2.16. The Kier molecular flexibility index (Phi) is 4.38. The Hall–Kier alpha value is -2.63. The topological polar surface area (TPSA) is 75.7 Å². The number of anilines is 1. The van der Waals surface area contributed by atoms with Crippen molar-refractivity contribution in [2.24, 2.45) is 11.8 Å². The van der Waals surface area contributed by atoms with Crippen LogP contribution in [0.25, 0.3) is 0 Å². The second-order valence-corrected chi connectivity index (χ2v) is 6.17. The molecule has 1 aromatic carbocycles. The first-order chi connectivity index (χ1) is 11.5. The van der Waals surface area contributed by atoms with E-state index in [2.05, 4.69) is 5.32 Å². The van der Waals surface area contributed by atoms with Crippen LogP contribution in [0.3, 0.4) is 0 Å². The van der Waals surface area contributed by atoms with Crippen molar-refractivity contribution in [1.29, 1.82) is 0 Å². The largest absolute Gasteiger partial charge is 0.495 e. The number of imide groups is 1. The summed E-state index contributed by atoms with van der Waals surface area (Å²) in [5, 5.41) is 2.73. The van der Waals surface area contributed by atoms with E-state index in [1.165, 1.54) is 7.11 Å². The lowest BCUT2D eigenvalue weighted by molar-refractivity contribution is -0.142. The normalized spacial score (nSPS) is 22.5. The maximum atomic E-state index is 12.4. The van der Waals surface area contributed by atoms with Crippen molar-refractivity contribution in [3.63, 3.8) is 0 Å². The molecule has 1 heterocycles. The Morgan fingerprint density at radius 3 is 2.42 bits per heavy atom. The zero-order valence-electron chi connectivity index (χ0n) is 13.7. The number of fused-ring (bicyclic) bond motifs is 1. The summed E-state index contributed by atoms with van der Waals surface area (Å²) in [7, 11) is 1.52. The predicted octanol–water partition coefficient (Wildman–Crippen LogP) is 1.89. The van der Waals surface area contributed by atoms with Crippen LogP contribution in [0.4, 0.5) is 5.69 Å². The molecule has 3 rings (SSSR count). The van der Waals surface area contributed by atoms with Crippen LogP contribution in [-0.2, 0) is 14.4 Å². The van der Waals surface area contributed by atoms with E-state index in [0.717, 1.165) is 10.5 Å². The van der Waals surface area contributed by atoms with Gasteiger partial charge in [-0.25, -0.2) is 0 Å². The second kappa shape index (κ2) is 6.47. The third-order valence-corrected chi connectivity index (χ3v) is 4.53. The van der Waals surface area contributed by atoms with Gasteiger partial charge in [0, 0.05) is 0 Å². The molecule has 6 heteroatoms. The summed E-state index contributed by atoms with van der Waals surface area (Å²) in [6.45, 7) is 1.64. The van der Waals surface area contributed by atoms with Crippen molar-refractivity contribution in [1.82, 2.24) is 4.90 Å². The number of hydrogen-bond acceptors (Lipinski definition) is 4. The van der Waals surface area contributed by atoms with Crippen LogP contribution >= 0.6 is 0 Å². The van der Waals surface area contributed by atoms with Gasteiger partial charge in [-0.3, -0.25) is 19.3 Å². The van der Waals surface area contributed by atoms with Gasteiger partial charge in [0.05, 0.1) is 24.6 Å². The van der Waals surface area contributed by atoms with Crippen LogP contribution in [0.2, 0.25) is 0 Å². The summed E-state index contributed by atoms with van der Waals surface area (Å²) in [4.78, 5) is 38.2. The number of benzene rings is 1. The zero-order valence-corrected chi connectivity index (χ0v) is 13.7. The van der Waals surface area contributed by atoms with Gasteiger partial charge in [-0.05, 0) is 37.5 Å². The number of rotatable bonds is 4. The number of aryl methyl sites for hydroxylation is 1. The van der Waals surface area contributed by atoms with Gasteiger partial charge in [-0.15, -0.1) is 0 Å². The van der Waals surface area contributed by atoms with Crippen LogP contribution in [0, 0.1) is 18.8 Å². The van der Waals surface area contributed by atoms with Crippen LogP contribution in [0.15, 0.2) is 30.4 Å². The quantitative estimate of drug-likeness (QED) is 0.676. The Balaban J connectivity index is 1.71. The van der Waals surface area contributed by atoms with Crippen LogP contribution in [0.5, 0.6) is 5.75 Å². The minimum Gasteiger partial charge on any atom is -0.495 e. The third kappa shape index (κ3) is 2.91. The molecule has 3 amide bonds. The van der Waals surface area contributed by atoms with Gasteiger partial charge in [0.2, 0.25) is 17.7 Å². The monoisotopic (exact) mass is 328 g/mol. The maximum Gasteiger partial charge on any atom is 0.244 e. The lowest BCUT2D eigenvalue weighted by atomic mass is 9.85. The standard InChI is InChI=1S/C18H20N2O4/c1-11-7-8-15(24-2)14(9-11)19-16(21)10-20-17(22)12-5-3-4-6-13(12)18(20)23/h3-4,7-9,12-13H,5-6,10H2,1-2H3,(H,19,21)/t12-,13-/m1/s1. The van der Waals surface area contributed by atoms with Gasteiger partial charge in [0.15, 0.2) is 0 Å². The van der Waals surface area contributed by atoms with Gasteiger partial charge < -0.3 is 10.1 Å². The van der Waals surface area contributed by atoms with Gasteiger partial charge in [-0.2, -0.15) is 0 Å². The van der Waals surface area contributed by atoms with Crippen molar-refractivity contribution >= 4 is 23.4 Å². The Bertz CT molecular complexity index is 700. The number of ether oxygens (including phenoxy) is 1. The molecule has 1 saturated heterocycles. The first-order valence-electron chi connectivity index (χ1n) is 7.96. The number of carbonyl (C=O) groups is 3. The third-order valence-electron chi connectivity index (χ3n) is 4.53. The van der Waals surface area contributed by atoms with E-state index in [-0.39, 0.29) is 30.2 Å². The number of methoxy groups -OCH3 is 1. The number of likely N-dealkylation sites (tertiary alicyclic amines) is 1. The number of hydrogen-bond donors (Lipinski definition) is 1. The molecule has 0 saturated carbocycles. The molecule has 0 bridgehead atoms. The van der Waals surface area contributed by atoms with Crippen molar-refractivity contribution in [3.05, 3.63) is 35.9 Å². The molecule has 126 valence electrons. The maximum absolute atomic E-state index is 12.4. The summed E-state index contributed by atoms with van der Waals surface area (Å²) in [6.07, 6.45) is 4.99. The fourth-order valence-corrected chi connectivity index (χ4v) is 3.28. The average molecular weight is 328 g/mol. The average Bonchev–Trinajstić information content (AvgIpc) is 2.80. The highest BCUT2D eigenvalue weighted by molar-refractivity contribution is 6.09. The number of allylic oxidation sites excluding steroid dienone is 2. The summed E-state index contributed by atoms with van der Waals surface area (Å²) in [6, 6.07) is 5.42. The van der Waals surface area contributed by atoms with Gasteiger partial charge in [0.1, 0.15) is 12.3 Å². The molecule has 0 spiro atoms. The molecule has 0 unspecified atom stereocenters. The molecular weight excluding hydrogens is 308 g/mol. The molecule has 6 nitrogen and oxygen atoms in total. The molecular formula is C18H20N2O4. The molecule has 1 aromatic rings. The van der Waals surface area contributed by atoms with E-state index in [1.54, 1.807) is 12.1 Å². The molecule has 1 N–H and O–H groups in total. The fraction of sp³-hybridized carbons (Fsp3) is 0.389. The highest BCUT2D eigenvalue weighted by atomic mass is 16.5. The van der Waals surface area contributed by atoms with Crippen LogP contribution < -0.4 is 10.1 Å². The summed E-state index contributed by atoms with van der Waals surface area (Å²) < 4.78 is 5.22. The van der Waals surface area contributed by atoms with E-state index in [9.17, 15) is 14.4 Å². The number of nitrogens with one attached hydrogen (secondary N) is 1. The number of carbonyl (C=O) groups excluding carboxylic acids is 3. The van der Waals surface area contributed by atoms with Crippen LogP contribution in [-0.4, -0.2) is 36.3 Å². The SMILES string of the molecule is COc1ccc(C)cc1NC(=O)CN1C(=O)[C@@H]2CC=CC[C@H]2C1=O. The van der Waals surface area contributed by atoms with Crippen molar-refractivity contribution < 1.29 is 19.1 Å². The summed E-state index contributed by atoms with van der Waals surface area (Å²) >= 11 is 0.